The first-order chi connectivity index (χ1) is 11.6. The van der Waals surface area contributed by atoms with Gasteiger partial charge in [-0.15, -0.1) is 0 Å². The molecular formula is C18H25FN2O3. The Labute approximate surface area is 142 Å². The van der Waals surface area contributed by atoms with Gasteiger partial charge in [0.2, 0.25) is 0 Å². The molecular weight excluding hydrogens is 311 g/mol. The van der Waals surface area contributed by atoms with Crippen LogP contribution in [0.4, 0.5) is 10.1 Å². The zero-order valence-corrected chi connectivity index (χ0v) is 14.2. The van der Waals surface area contributed by atoms with E-state index in [0.717, 1.165) is 52.2 Å². The fourth-order valence-corrected chi connectivity index (χ4v) is 3.13. The molecule has 0 amide bonds. The van der Waals surface area contributed by atoms with Crippen molar-refractivity contribution < 1.29 is 18.7 Å². The third kappa shape index (κ3) is 4.24. The van der Waals surface area contributed by atoms with E-state index in [1.807, 2.05) is 4.90 Å². The summed E-state index contributed by atoms with van der Waals surface area (Å²) < 4.78 is 25.0. The summed E-state index contributed by atoms with van der Waals surface area (Å²) >= 11 is 0. The normalized spacial score (nSPS) is 20.2. The minimum absolute atomic E-state index is 0.275. The van der Waals surface area contributed by atoms with E-state index in [2.05, 4.69) is 11.9 Å². The van der Waals surface area contributed by atoms with Crippen LogP contribution in [-0.2, 0) is 9.47 Å². The van der Waals surface area contributed by atoms with Gasteiger partial charge in [-0.3, -0.25) is 0 Å². The van der Waals surface area contributed by atoms with Crippen molar-refractivity contribution in [1.82, 2.24) is 4.90 Å². The molecule has 0 spiro atoms. The molecule has 0 atom stereocenters. The van der Waals surface area contributed by atoms with Crippen LogP contribution < -0.4 is 4.90 Å². The predicted molar refractivity (Wildman–Crippen MR) is 89.9 cm³/mol. The van der Waals surface area contributed by atoms with E-state index in [1.165, 1.54) is 6.07 Å². The molecule has 6 heteroatoms. The summed E-state index contributed by atoms with van der Waals surface area (Å²) in [5, 5.41) is 0. The fraction of sp³-hybridized carbons (Fsp3) is 0.611. The standard InChI is InChI=1S/C18H25FN2O3/c1-20-6-8-21(9-7-20)17-3-2-15(12-16(17)19)18(22)24-13-14-4-10-23-11-5-14/h2-3,12,14H,4-11,13H2,1H3. The van der Waals surface area contributed by atoms with E-state index in [9.17, 15) is 9.18 Å². The molecule has 2 aliphatic heterocycles. The van der Waals surface area contributed by atoms with Crippen LogP contribution in [0.1, 0.15) is 23.2 Å². The number of rotatable bonds is 4. The van der Waals surface area contributed by atoms with E-state index in [4.69, 9.17) is 9.47 Å². The van der Waals surface area contributed by atoms with Crippen LogP contribution in [0.15, 0.2) is 18.2 Å². The summed E-state index contributed by atoms with van der Waals surface area (Å²) in [5.74, 6) is -0.470. The Morgan fingerprint density at radius 3 is 2.62 bits per heavy atom. The Balaban J connectivity index is 1.58. The van der Waals surface area contributed by atoms with Crippen molar-refractivity contribution in [3.05, 3.63) is 29.6 Å². The van der Waals surface area contributed by atoms with Crippen LogP contribution in [-0.4, -0.2) is 63.9 Å². The van der Waals surface area contributed by atoms with Gasteiger partial charge in [0, 0.05) is 39.4 Å². The van der Waals surface area contributed by atoms with Gasteiger partial charge in [-0.2, -0.15) is 0 Å². The number of halogens is 1. The third-order valence-corrected chi connectivity index (χ3v) is 4.82. The van der Waals surface area contributed by atoms with Gasteiger partial charge >= 0.3 is 5.97 Å². The lowest BCUT2D eigenvalue weighted by Crippen LogP contribution is -2.44. The van der Waals surface area contributed by atoms with Gasteiger partial charge < -0.3 is 19.3 Å². The quantitative estimate of drug-likeness (QED) is 0.788. The second-order valence-electron chi connectivity index (χ2n) is 6.61. The summed E-state index contributed by atoms with van der Waals surface area (Å²) in [4.78, 5) is 16.4. The first-order valence-corrected chi connectivity index (χ1v) is 8.61. The Morgan fingerprint density at radius 1 is 1.25 bits per heavy atom. The van der Waals surface area contributed by atoms with E-state index >= 15 is 0 Å². The van der Waals surface area contributed by atoms with Crippen molar-refractivity contribution >= 4 is 11.7 Å². The molecule has 2 heterocycles. The number of ether oxygens (including phenoxy) is 2. The Bertz CT molecular complexity index is 567. The molecule has 132 valence electrons. The van der Waals surface area contributed by atoms with Crippen molar-refractivity contribution in [2.24, 2.45) is 5.92 Å². The minimum Gasteiger partial charge on any atom is -0.462 e. The van der Waals surface area contributed by atoms with Gasteiger partial charge in [0.15, 0.2) is 0 Å². The maximum Gasteiger partial charge on any atom is 0.338 e. The lowest BCUT2D eigenvalue weighted by molar-refractivity contribution is 0.0185. The van der Waals surface area contributed by atoms with E-state index in [0.29, 0.717) is 18.2 Å². The van der Waals surface area contributed by atoms with Crippen molar-refractivity contribution in [2.75, 3.05) is 57.9 Å². The molecule has 2 aliphatic rings. The second-order valence-corrected chi connectivity index (χ2v) is 6.61. The number of anilines is 1. The fourth-order valence-electron chi connectivity index (χ4n) is 3.13. The molecule has 2 saturated heterocycles. The number of carbonyl (C=O) groups is 1. The van der Waals surface area contributed by atoms with Gasteiger partial charge in [0.05, 0.1) is 17.9 Å². The topological polar surface area (TPSA) is 42.0 Å². The lowest BCUT2D eigenvalue weighted by Gasteiger charge is -2.34. The first-order valence-electron chi connectivity index (χ1n) is 8.61. The van der Waals surface area contributed by atoms with E-state index in [1.54, 1.807) is 12.1 Å². The van der Waals surface area contributed by atoms with Crippen LogP contribution in [0.25, 0.3) is 0 Å². The van der Waals surface area contributed by atoms with Gasteiger partial charge in [-0.1, -0.05) is 0 Å². The minimum atomic E-state index is -0.453. The summed E-state index contributed by atoms with van der Waals surface area (Å²) in [6.07, 6.45) is 1.81. The average molecular weight is 336 g/mol. The molecule has 3 rings (SSSR count). The molecule has 0 N–H and O–H groups in total. The molecule has 0 saturated carbocycles. The van der Waals surface area contributed by atoms with Crippen molar-refractivity contribution in [3.8, 4) is 0 Å². The Morgan fingerprint density at radius 2 is 1.96 bits per heavy atom. The van der Waals surface area contributed by atoms with Crippen LogP contribution in [0.3, 0.4) is 0 Å². The largest absolute Gasteiger partial charge is 0.462 e. The number of piperazine rings is 1. The number of likely N-dealkylation sites (N-methyl/N-ethyl adjacent to an activating group) is 1. The van der Waals surface area contributed by atoms with Crippen molar-refractivity contribution in [2.45, 2.75) is 12.8 Å². The molecule has 0 unspecified atom stereocenters. The third-order valence-electron chi connectivity index (χ3n) is 4.82. The molecule has 0 aromatic heterocycles. The highest BCUT2D eigenvalue weighted by atomic mass is 19.1. The predicted octanol–water partition coefficient (Wildman–Crippen LogP) is 2.16. The van der Waals surface area contributed by atoms with Crippen LogP contribution >= 0.6 is 0 Å². The van der Waals surface area contributed by atoms with Gasteiger partial charge in [0.25, 0.3) is 0 Å². The Kier molecular flexibility index (Phi) is 5.68. The summed E-state index contributed by atoms with van der Waals surface area (Å²) in [7, 11) is 2.06. The van der Waals surface area contributed by atoms with Crippen LogP contribution in [0.2, 0.25) is 0 Å². The van der Waals surface area contributed by atoms with E-state index in [-0.39, 0.29) is 11.4 Å². The van der Waals surface area contributed by atoms with Crippen LogP contribution in [0, 0.1) is 11.7 Å². The molecule has 2 fully saturated rings. The lowest BCUT2D eigenvalue weighted by atomic mass is 10.0. The molecule has 1 aromatic rings. The summed E-state index contributed by atoms with van der Waals surface area (Å²) in [5.41, 5.74) is 0.835. The number of esters is 1. The summed E-state index contributed by atoms with van der Waals surface area (Å²) in [6, 6.07) is 4.63. The number of benzene rings is 1. The molecule has 0 bridgehead atoms. The maximum absolute atomic E-state index is 14.4. The average Bonchev–Trinajstić information content (AvgIpc) is 2.61. The highest BCUT2D eigenvalue weighted by Gasteiger charge is 2.20. The first kappa shape index (κ1) is 17.2. The number of hydrogen-bond donors (Lipinski definition) is 0. The molecule has 24 heavy (non-hydrogen) atoms. The number of hydrogen-bond acceptors (Lipinski definition) is 5. The zero-order chi connectivity index (χ0) is 16.9. The SMILES string of the molecule is CN1CCN(c2ccc(C(=O)OCC3CCOCC3)cc2F)CC1. The van der Waals surface area contributed by atoms with E-state index < -0.39 is 5.97 Å². The Hall–Kier alpha value is -1.66. The highest BCUT2D eigenvalue weighted by molar-refractivity contribution is 5.90. The highest BCUT2D eigenvalue weighted by Crippen LogP contribution is 2.23. The monoisotopic (exact) mass is 336 g/mol. The molecule has 0 aliphatic carbocycles. The zero-order valence-electron chi connectivity index (χ0n) is 14.2. The maximum atomic E-state index is 14.4. The van der Waals surface area contributed by atoms with Crippen molar-refractivity contribution in [3.63, 3.8) is 0 Å². The molecule has 1 aromatic carbocycles. The van der Waals surface area contributed by atoms with Crippen LogP contribution in [0.5, 0.6) is 0 Å². The van der Waals surface area contributed by atoms with Gasteiger partial charge in [-0.25, -0.2) is 9.18 Å². The smallest absolute Gasteiger partial charge is 0.338 e. The molecule has 5 nitrogen and oxygen atoms in total. The summed E-state index contributed by atoms with van der Waals surface area (Å²) in [6.45, 7) is 5.22. The number of carbonyl (C=O) groups excluding carboxylic acids is 1. The van der Waals surface area contributed by atoms with Crippen molar-refractivity contribution in [1.29, 1.82) is 0 Å². The number of nitrogens with zero attached hydrogens (tertiary/aromatic N) is 2. The second kappa shape index (κ2) is 7.94. The van der Waals surface area contributed by atoms with Gasteiger partial charge in [-0.05, 0) is 44.0 Å². The van der Waals surface area contributed by atoms with Gasteiger partial charge in [0.1, 0.15) is 5.82 Å². The molecule has 0 radical (unpaired) electrons.